The first kappa shape index (κ1) is 22.9. The summed E-state index contributed by atoms with van der Waals surface area (Å²) in [6.07, 6.45) is 2.90. The third kappa shape index (κ3) is 5.79. The fourth-order valence-corrected chi connectivity index (χ4v) is 2.95. The van der Waals surface area contributed by atoms with Crippen LogP contribution in [0.5, 0.6) is 0 Å². The normalized spacial score (nSPS) is 10.8. The maximum atomic E-state index is 12.3. The van der Waals surface area contributed by atoms with Crippen molar-refractivity contribution in [1.82, 2.24) is 14.7 Å². The Balaban J connectivity index is 1.86. The topological polar surface area (TPSA) is 93.5 Å². The molecule has 1 aromatic carbocycles. The van der Waals surface area contributed by atoms with Crippen LogP contribution in [0.15, 0.2) is 30.3 Å². The van der Waals surface area contributed by atoms with Crippen LogP contribution in [-0.4, -0.2) is 52.2 Å². The summed E-state index contributed by atoms with van der Waals surface area (Å²) in [5.74, 6) is -1.14. The van der Waals surface area contributed by atoms with Gasteiger partial charge in [-0.1, -0.05) is 0 Å². The van der Waals surface area contributed by atoms with Crippen molar-refractivity contribution in [3.05, 3.63) is 52.9 Å². The molecule has 8 heteroatoms. The molecule has 0 aliphatic heterocycles. The van der Waals surface area contributed by atoms with Crippen molar-refractivity contribution in [2.45, 2.75) is 27.7 Å². The number of hydrogen-bond donors (Lipinski definition) is 1. The van der Waals surface area contributed by atoms with Crippen LogP contribution in [-0.2, 0) is 21.4 Å². The third-order valence-electron chi connectivity index (χ3n) is 4.76. The Morgan fingerprint density at radius 1 is 1.13 bits per heavy atom. The van der Waals surface area contributed by atoms with Crippen LogP contribution in [0, 0.1) is 13.8 Å². The summed E-state index contributed by atoms with van der Waals surface area (Å²) in [6, 6.07) is 6.60. The molecule has 1 heterocycles. The van der Waals surface area contributed by atoms with Gasteiger partial charge in [-0.05, 0) is 58.0 Å². The second kappa shape index (κ2) is 10.4. The highest BCUT2D eigenvalue weighted by molar-refractivity contribution is 5.97. The molecule has 1 N–H and O–H groups in total. The monoisotopic (exact) mass is 412 g/mol. The molecule has 0 aliphatic rings. The molecule has 160 valence electrons. The van der Waals surface area contributed by atoms with E-state index in [1.165, 1.54) is 6.08 Å². The Kier molecular flexibility index (Phi) is 7.91. The number of esters is 1. The predicted molar refractivity (Wildman–Crippen MR) is 115 cm³/mol. The van der Waals surface area contributed by atoms with E-state index in [1.807, 2.05) is 34.7 Å². The van der Waals surface area contributed by atoms with Gasteiger partial charge in [-0.25, -0.2) is 4.79 Å². The predicted octanol–water partition coefficient (Wildman–Crippen LogP) is 2.71. The van der Waals surface area contributed by atoms with Gasteiger partial charge in [0, 0.05) is 48.7 Å². The average Bonchev–Trinajstić information content (AvgIpc) is 2.97. The van der Waals surface area contributed by atoms with Crippen LogP contribution in [0.3, 0.4) is 0 Å². The van der Waals surface area contributed by atoms with Gasteiger partial charge in [0.15, 0.2) is 6.61 Å². The van der Waals surface area contributed by atoms with E-state index in [9.17, 15) is 14.4 Å². The SMILES string of the molecule is CCN(CC)C(=O)c1ccc(NC(=O)COC(=O)/C=C/c2c(C)nn(C)c2C)cc1. The van der Waals surface area contributed by atoms with Gasteiger partial charge in [0.2, 0.25) is 0 Å². The van der Waals surface area contributed by atoms with Gasteiger partial charge in [-0.3, -0.25) is 14.3 Å². The van der Waals surface area contributed by atoms with E-state index in [-0.39, 0.29) is 5.91 Å². The van der Waals surface area contributed by atoms with E-state index < -0.39 is 18.5 Å². The Morgan fingerprint density at radius 3 is 2.30 bits per heavy atom. The molecule has 0 saturated heterocycles. The molecule has 30 heavy (non-hydrogen) atoms. The van der Waals surface area contributed by atoms with Crippen LogP contribution in [0.2, 0.25) is 0 Å². The van der Waals surface area contributed by atoms with Crippen LogP contribution in [0.4, 0.5) is 5.69 Å². The number of hydrogen-bond acceptors (Lipinski definition) is 5. The lowest BCUT2D eigenvalue weighted by molar-refractivity contribution is -0.142. The number of aryl methyl sites for hydroxylation is 2. The fourth-order valence-electron chi connectivity index (χ4n) is 2.95. The first-order valence-electron chi connectivity index (χ1n) is 9.81. The first-order valence-corrected chi connectivity index (χ1v) is 9.81. The summed E-state index contributed by atoms with van der Waals surface area (Å²) in [7, 11) is 1.83. The largest absolute Gasteiger partial charge is 0.452 e. The second-order valence-corrected chi connectivity index (χ2v) is 6.75. The zero-order chi connectivity index (χ0) is 22.3. The van der Waals surface area contributed by atoms with Gasteiger partial charge >= 0.3 is 5.97 Å². The number of amides is 2. The first-order chi connectivity index (χ1) is 14.3. The van der Waals surface area contributed by atoms with Crippen molar-refractivity contribution in [3.8, 4) is 0 Å². The molecule has 2 rings (SSSR count). The summed E-state index contributed by atoms with van der Waals surface area (Å²) in [6.45, 7) is 8.46. The van der Waals surface area contributed by atoms with Gasteiger partial charge in [-0.15, -0.1) is 0 Å². The lowest BCUT2D eigenvalue weighted by atomic mass is 10.2. The molecule has 0 aliphatic carbocycles. The van der Waals surface area contributed by atoms with Crippen LogP contribution >= 0.6 is 0 Å². The van der Waals surface area contributed by atoms with Gasteiger partial charge < -0.3 is 15.0 Å². The smallest absolute Gasteiger partial charge is 0.331 e. The average molecular weight is 412 g/mol. The summed E-state index contributed by atoms with van der Waals surface area (Å²) < 4.78 is 6.71. The third-order valence-corrected chi connectivity index (χ3v) is 4.76. The summed E-state index contributed by atoms with van der Waals surface area (Å²) in [5, 5.41) is 6.91. The van der Waals surface area contributed by atoms with Crippen molar-refractivity contribution in [2.75, 3.05) is 25.0 Å². The molecule has 1 aromatic heterocycles. The Bertz CT molecular complexity index is 941. The molecule has 0 fully saturated rings. The maximum absolute atomic E-state index is 12.3. The second-order valence-electron chi connectivity index (χ2n) is 6.75. The van der Waals surface area contributed by atoms with Crippen molar-refractivity contribution in [2.24, 2.45) is 7.05 Å². The zero-order valence-corrected chi connectivity index (χ0v) is 18.1. The number of benzene rings is 1. The molecule has 0 saturated carbocycles. The number of nitrogens with zero attached hydrogens (tertiary/aromatic N) is 3. The lowest BCUT2D eigenvalue weighted by Crippen LogP contribution is -2.30. The Hall–Kier alpha value is -3.42. The summed E-state index contributed by atoms with van der Waals surface area (Å²) in [5.41, 5.74) is 3.65. The van der Waals surface area contributed by atoms with E-state index in [4.69, 9.17) is 4.74 Å². The minimum atomic E-state index is -0.618. The van der Waals surface area contributed by atoms with Crippen LogP contribution in [0.25, 0.3) is 6.08 Å². The molecule has 0 atom stereocenters. The fraction of sp³-hybridized carbons (Fsp3) is 0.364. The minimum absolute atomic E-state index is 0.0577. The molecular weight excluding hydrogens is 384 g/mol. The van der Waals surface area contributed by atoms with E-state index in [0.29, 0.717) is 24.3 Å². The van der Waals surface area contributed by atoms with E-state index in [0.717, 1.165) is 17.0 Å². The van der Waals surface area contributed by atoms with Crippen LogP contribution in [0.1, 0.15) is 41.2 Å². The van der Waals surface area contributed by atoms with E-state index in [1.54, 1.807) is 39.9 Å². The highest BCUT2D eigenvalue weighted by Crippen LogP contribution is 2.14. The van der Waals surface area contributed by atoms with Gasteiger partial charge in [0.05, 0.1) is 5.69 Å². The molecule has 2 amide bonds. The van der Waals surface area contributed by atoms with Crippen LogP contribution < -0.4 is 5.32 Å². The number of carbonyl (C=O) groups is 3. The van der Waals surface area contributed by atoms with Crippen molar-refractivity contribution in [3.63, 3.8) is 0 Å². The highest BCUT2D eigenvalue weighted by Gasteiger charge is 2.13. The van der Waals surface area contributed by atoms with Gasteiger partial charge in [0.1, 0.15) is 0 Å². The van der Waals surface area contributed by atoms with Crippen molar-refractivity contribution in [1.29, 1.82) is 0 Å². The molecule has 8 nitrogen and oxygen atoms in total. The molecule has 0 spiro atoms. The number of aromatic nitrogens is 2. The van der Waals surface area contributed by atoms with Gasteiger partial charge in [0.25, 0.3) is 11.8 Å². The molecule has 0 radical (unpaired) electrons. The Labute approximate surface area is 176 Å². The number of rotatable bonds is 8. The number of ether oxygens (including phenoxy) is 1. The number of anilines is 1. The van der Waals surface area contributed by atoms with E-state index >= 15 is 0 Å². The van der Waals surface area contributed by atoms with Crippen molar-refractivity contribution >= 4 is 29.5 Å². The van der Waals surface area contributed by atoms with Crippen molar-refractivity contribution < 1.29 is 19.1 Å². The molecule has 0 bridgehead atoms. The zero-order valence-electron chi connectivity index (χ0n) is 18.1. The number of carbonyl (C=O) groups excluding carboxylic acids is 3. The lowest BCUT2D eigenvalue weighted by Gasteiger charge is -2.18. The Morgan fingerprint density at radius 2 is 1.77 bits per heavy atom. The maximum Gasteiger partial charge on any atom is 0.331 e. The molecule has 0 unspecified atom stereocenters. The minimum Gasteiger partial charge on any atom is -0.452 e. The summed E-state index contributed by atoms with van der Waals surface area (Å²) in [4.78, 5) is 37.9. The van der Waals surface area contributed by atoms with Gasteiger partial charge in [-0.2, -0.15) is 5.10 Å². The number of nitrogens with one attached hydrogen (secondary N) is 1. The quantitative estimate of drug-likeness (QED) is 0.532. The summed E-state index contributed by atoms with van der Waals surface area (Å²) >= 11 is 0. The standard InChI is InChI=1S/C22H28N4O4/c1-6-26(7-2)22(29)17-8-10-18(11-9-17)23-20(27)14-30-21(28)13-12-19-15(3)24-25(5)16(19)4/h8-13H,6-7,14H2,1-5H3,(H,23,27)/b13-12+. The molecule has 2 aromatic rings. The van der Waals surface area contributed by atoms with E-state index in [2.05, 4.69) is 10.4 Å². The highest BCUT2D eigenvalue weighted by atomic mass is 16.5. The molecular formula is C22H28N4O4.